The van der Waals surface area contributed by atoms with Crippen LogP contribution in [0.2, 0.25) is 0 Å². The Bertz CT molecular complexity index is 449. The van der Waals surface area contributed by atoms with E-state index in [4.69, 9.17) is 22.7 Å². The van der Waals surface area contributed by atoms with Crippen molar-refractivity contribution < 1.29 is 9.53 Å². The number of nitrogens with two attached hydrogens (primary N) is 1. The van der Waals surface area contributed by atoms with Crippen LogP contribution in [-0.2, 0) is 9.53 Å². The average Bonchev–Trinajstić information content (AvgIpc) is 2.43. The van der Waals surface area contributed by atoms with E-state index in [9.17, 15) is 4.79 Å². The first-order valence-electron chi connectivity index (χ1n) is 7.22. The summed E-state index contributed by atoms with van der Waals surface area (Å²) >= 11 is 5.02. The molecular formula is C16H24N2O2S. The minimum absolute atomic E-state index is 0.155. The number of hydrogen-bond donors (Lipinski definition) is 2. The smallest absolute Gasteiger partial charge is 0.234 e. The molecule has 0 radical (unpaired) electrons. The Morgan fingerprint density at radius 1 is 1.33 bits per heavy atom. The van der Waals surface area contributed by atoms with Crippen molar-refractivity contribution in [2.45, 2.75) is 26.2 Å². The van der Waals surface area contributed by atoms with Gasteiger partial charge < -0.3 is 15.8 Å². The summed E-state index contributed by atoms with van der Waals surface area (Å²) in [6.45, 7) is 6.15. The Morgan fingerprint density at radius 2 is 2.00 bits per heavy atom. The summed E-state index contributed by atoms with van der Waals surface area (Å²) in [7, 11) is 0. The van der Waals surface area contributed by atoms with Crippen LogP contribution < -0.4 is 11.1 Å². The molecule has 1 aromatic rings. The molecule has 1 amide bonds. The molecule has 0 heterocycles. The standard InChI is InChI=1S/C16H24N2O2S/c1-12(2)11-20-10-6-9-18-16(19)14(15(17)21)13-7-4-3-5-8-13/h3-5,7-8,12,14H,6,9-11H2,1-2H3,(H2,17,21)(H,18,19). The minimum atomic E-state index is -0.571. The number of nitrogens with one attached hydrogen (secondary N) is 1. The third-order valence-corrected chi connectivity index (χ3v) is 3.13. The SMILES string of the molecule is CC(C)COCCCNC(=O)C(C(N)=S)c1ccccc1. The fourth-order valence-electron chi connectivity index (χ4n) is 1.90. The molecule has 1 aromatic carbocycles. The molecule has 0 saturated carbocycles. The van der Waals surface area contributed by atoms with Gasteiger partial charge >= 0.3 is 0 Å². The highest BCUT2D eigenvalue weighted by Crippen LogP contribution is 2.16. The molecule has 1 atom stereocenters. The van der Waals surface area contributed by atoms with Gasteiger partial charge in [0.15, 0.2) is 0 Å². The van der Waals surface area contributed by atoms with Crippen molar-refractivity contribution in [3.63, 3.8) is 0 Å². The maximum absolute atomic E-state index is 12.2. The van der Waals surface area contributed by atoms with Crippen molar-refractivity contribution in [3.8, 4) is 0 Å². The molecule has 1 unspecified atom stereocenters. The molecule has 0 aliphatic carbocycles. The lowest BCUT2D eigenvalue weighted by Crippen LogP contribution is -2.36. The van der Waals surface area contributed by atoms with Gasteiger partial charge in [-0.25, -0.2) is 0 Å². The number of amides is 1. The Morgan fingerprint density at radius 3 is 2.57 bits per heavy atom. The van der Waals surface area contributed by atoms with Crippen molar-refractivity contribution in [3.05, 3.63) is 35.9 Å². The molecule has 0 spiro atoms. The molecule has 0 aliphatic heterocycles. The lowest BCUT2D eigenvalue weighted by atomic mass is 9.98. The Labute approximate surface area is 132 Å². The van der Waals surface area contributed by atoms with Crippen LogP contribution in [0.1, 0.15) is 31.7 Å². The van der Waals surface area contributed by atoms with Gasteiger partial charge in [0.2, 0.25) is 5.91 Å². The molecule has 0 saturated heterocycles. The molecule has 4 nitrogen and oxygen atoms in total. The molecule has 21 heavy (non-hydrogen) atoms. The van der Waals surface area contributed by atoms with Gasteiger partial charge in [0.05, 0.1) is 4.99 Å². The predicted octanol–water partition coefficient (Wildman–Crippen LogP) is 2.24. The van der Waals surface area contributed by atoms with Crippen LogP contribution in [-0.4, -0.2) is 30.7 Å². The molecule has 3 N–H and O–H groups in total. The molecule has 1 rings (SSSR count). The van der Waals surface area contributed by atoms with E-state index in [2.05, 4.69) is 19.2 Å². The van der Waals surface area contributed by atoms with Crippen LogP contribution in [0.15, 0.2) is 30.3 Å². The Balaban J connectivity index is 2.40. The largest absolute Gasteiger partial charge is 0.392 e. The summed E-state index contributed by atoms with van der Waals surface area (Å²) in [6, 6.07) is 9.34. The Kier molecular flexibility index (Phi) is 7.93. The van der Waals surface area contributed by atoms with E-state index < -0.39 is 5.92 Å². The van der Waals surface area contributed by atoms with E-state index in [-0.39, 0.29) is 10.9 Å². The number of rotatable bonds is 9. The molecule has 5 heteroatoms. The summed E-state index contributed by atoms with van der Waals surface area (Å²) < 4.78 is 5.47. The lowest BCUT2D eigenvalue weighted by molar-refractivity contribution is -0.121. The highest BCUT2D eigenvalue weighted by Gasteiger charge is 2.22. The van der Waals surface area contributed by atoms with Crippen LogP contribution in [0.25, 0.3) is 0 Å². The normalized spacial score (nSPS) is 12.1. The first kappa shape index (κ1) is 17.6. The molecule has 0 aliphatic rings. The van der Waals surface area contributed by atoms with E-state index in [0.717, 1.165) is 18.6 Å². The van der Waals surface area contributed by atoms with Crippen LogP contribution in [0, 0.1) is 5.92 Å². The first-order valence-corrected chi connectivity index (χ1v) is 7.63. The highest BCUT2D eigenvalue weighted by molar-refractivity contribution is 7.80. The van der Waals surface area contributed by atoms with Gasteiger partial charge in [-0.05, 0) is 17.9 Å². The number of ether oxygens (including phenoxy) is 1. The molecule has 0 aromatic heterocycles. The van der Waals surface area contributed by atoms with Crippen molar-refractivity contribution in [1.82, 2.24) is 5.32 Å². The molecule has 0 fully saturated rings. The number of carbonyl (C=O) groups is 1. The molecular weight excluding hydrogens is 284 g/mol. The average molecular weight is 308 g/mol. The monoisotopic (exact) mass is 308 g/mol. The van der Waals surface area contributed by atoms with Gasteiger partial charge in [-0.15, -0.1) is 0 Å². The van der Waals surface area contributed by atoms with Crippen LogP contribution in [0.3, 0.4) is 0 Å². The second-order valence-corrected chi connectivity index (χ2v) is 5.83. The van der Waals surface area contributed by atoms with Gasteiger partial charge in [0.1, 0.15) is 5.92 Å². The van der Waals surface area contributed by atoms with Crippen molar-refractivity contribution in [2.24, 2.45) is 11.7 Å². The van der Waals surface area contributed by atoms with Gasteiger partial charge in [-0.3, -0.25) is 4.79 Å². The topological polar surface area (TPSA) is 64.3 Å². The quantitative estimate of drug-likeness (QED) is 0.542. The fourth-order valence-corrected chi connectivity index (χ4v) is 2.14. The minimum Gasteiger partial charge on any atom is -0.392 e. The van der Waals surface area contributed by atoms with Gasteiger partial charge in [0.25, 0.3) is 0 Å². The van der Waals surface area contributed by atoms with E-state index in [0.29, 0.717) is 19.1 Å². The number of benzene rings is 1. The summed E-state index contributed by atoms with van der Waals surface area (Å²) in [6.07, 6.45) is 0.775. The summed E-state index contributed by atoms with van der Waals surface area (Å²) in [4.78, 5) is 12.4. The maximum Gasteiger partial charge on any atom is 0.234 e. The number of thiocarbonyl (C=S) groups is 1. The van der Waals surface area contributed by atoms with Crippen LogP contribution in [0.5, 0.6) is 0 Å². The van der Waals surface area contributed by atoms with Crippen molar-refractivity contribution in [1.29, 1.82) is 0 Å². The van der Waals surface area contributed by atoms with E-state index >= 15 is 0 Å². The molecule has 0 bridgehead atoms. The zero-order valence-electron chi connectivity index (χ0n) is 12.7. The van der Waals surface area contributed by atoms with E-state index in [1.54, 1.807) is 0 Å². The lowest BCUT2D eigenvalue weighted by Gasteiger charge is -2.16. The predicted molar refractivity (Wildman–Crippen MR) is 89.3 cm³/mol. The summed E-state index contributed by atoms with van der Waals surface area (Å²) in [5.41, 5.74) is 6.52. The van der Waals surface area contributed by atoms with Crippen LogP contribution >= 0.6 is 12.2 Å². The third kappa shape index (κ3) is 6.69. The van der Waals surface area contributed by atoms with E-state index in [1.807, 2.05) is 30.3 Å². The fraction of sp³-hybridized carbons (Fsp3) is 0.500. The Hall–Kier alpha value is -1.46. The zero-order valence-corrected chi connectivity index (χ0v) is 13.5. The van der Waals surface area contributed by atoms with Crippen molar-refractivity contribution in [2.75, 3.05) is 19.8 Å². The third-order valence-electron chi connectivity index (χ3n) is 2.90. The van der Waals surface area contributed by atoms with Gasteiger partial charge in [0, 0.05) is 19.8 Å². The zero-order chi connectivity index (χ0) is 15.7. The van der Waals surface area contributed by atoms with E-state index in [1.165, 1.54) is 0 Å². The van der Waals surface area contributed by atoms with Gasteiger partial charge in [-0.2, -0.15) is 0 Å². The second-order valence-electron chi connectivity index (χ2n) is 5.36. The summed E-state index contributed by atoms with van der Waals surface area (Å²) in [5, 5.41) is 2.86. The maximum atomic E-state index is 12.2. The molecule has 116 valence electrons. The number of carbonyl (C=O) groups excluding carboxylic acids is 1. The van der Waals surface area contributed by atoms with Crippen molar-refractivity contribution >= 4 is 23.1 Å². The first-order chi connectivity index (χ1) is 10.0. The number of hydrogen-bond acceptors (Lipinski definition) is 3. The summed E-state index contributed by atoms with van der Waals surface area (Å²) in [5.74, 6) is -0.202. The second kappa shape index (κ2) is 9.47. The van der Waals surface area contributed by atoms with Gasteiger partial charge in [-0.1, -0.05) is 56.4 Å². The highest BCUT2D eigenvalue weighted by atomic mass is 32.1. The van der Waals surface area contributed by atoms with Crippen LogP contribution in [0.4, 0.5) is 0 Å².